The Kier molecular flexibility index (Phi) is 5.11. The SMILES string of the molecule is Cl.O=Cc1ccccc1/C=C/[n+]1ccccc1. The summed E-state index contributed by atoms with van der Waals surface area (Å²) >= 11 is 0. The van der Waals surface area contributed by atoms with Gasteiger partial charge in [0.15, 0.2) is 24.9 Å². The van der Waals surface area contributed by atoms with Crippen LogP contribution in [0.3, 0.4) is 0 Å². The van der Waals surface area contributed by atoms with Gasteiger partial charge in [0.05, 0.1) is 0 Å². The number of aromatic nitrogens is 1. The average molecular weight is 247 g/mol. The van der Waals surface area contributed by atoms with E-state index in [1.165, 1.54) is 0 Å². The first-order valence-corrected chi connectivity index (χ1v) is 5.08. The number of pyridine rings is 1. The molecule has 0 atom stereocenters. The van der Waals surface area contributed by atoms with Gasteiger partial charge in [0.2, 0.25) is 0 Å². The lowest BCUT2D eigenvalue weighted by Gasteiger charge is -1.95. The normalized spacial score (nSPS) is 9.88. The molecule has 86 valence electrons. The van der Waals surface area contributed by atoms with Crippen molar-refractivity contribution in [3.8, 4) is 0 Å². The second kappa shape index (κ2) is 6.61. The maximum Gasteiger partial charge on any atom is 0.175 e. The van der Waals surface area contributed by atoms with Gasteiger partial charge in [-0.2, -0.15) is 4.57 Å². The number of aldehydes is 1. The number of nitrogens with zero attached hydrogens (tertiary/aromatic N) is 1. The van der Waals surface area contributed by atoms with E-state index in [0.29, 0.717) is 5.56 Å². The summed E-state index contributed by atoms with van der Waals surface area (Å²) in [5, 5.41) is 0. The van der Waals surface area contributed by atoms with Crippen LogP contribution in [0.1, 0.15) is 15.9 Å². The Morgan fingerprint density at radius 3 is 2.18 bits per heavy atom. The van der Waals surface area contributed by atoms with Crippen molar-refractivity contribution in [2.45, 2.75) is 0 Å². The number of carbonyl (C=O) groups is 1. The van der Waals surface area contributed by atoms with E-state index in [2.05, 4.69) is 0 Å². The Labute approximate surface area is 107 Å². The van der Waals surface area contributed by atoms with Gasteiger partial charge in [0.1, 0.15) is 0 Å². The van der Waals surface area contributed by atoms with E-state index >= 15 is 0 Å². The summed E-state index contributed by atoms with van der Waals surface area (Å²) in [6.45, 7) is 0. The quantitative estimate of drug-likeness (QED) is 0.603. The third-order valence-corrected chi connectivity index (χ3v) is 2.29. The van der Waals surface area contributed by atoms with Crippen molar-refractivity contribution in [3.05, 3.63) is 66.0 Å². The van der Waals surface area contributed by atoms with Crippen LogP contribution in [-0.4, -0.2) is 6.29 Å². The first-order valence-electron chi connectivity index (χ1n) is 5.08. The fraction of sp³-hybridized carbons (Fsp3) is 0. The molecule has 2 rings (SSSR count). The standard InChI is InChI=1S/C14H12NO.ClH/c16-12-14-7-3-2-6-13(14)8-11-15-9-4-1-5-10-15;/h1-12H;1H/q+1;/b11-8+;. The lowest BCUT2D eigenvalue weighted by Crippen LogP contribution is -2.23. The summed E-state index contributed by atoms with van der Waals surface area (Å²) in [5.41, 5.74) is 1.63. The summed E-state index contributed by atoms with van der Waals surface area (Å²) in [4.78, 5) is 10.8. The minimum atomic E-state index is 0. The van der Waals surface area contributed by atoms with Crippen molar-refractivity contribution in [2.24, 2.45) is 0 Å². The number of carbonyl (C=O) groups excluding carboxylic acids is 1. The molecule has 2 nitrogen and oxygen atoms in total. The molecule has 0 saturated carbocycles. The Morgan fingerprint density at radius 1 is 0.882 bits per heavy atom. The average Bonchev–Trinajstić information content (AvgIpc) is 2.38. The molecule has 0 unspecified atom stereocenters. The van der Waals surface area contributed by atoms with Crippen LogP contribution in [0.15, 0.2) is 54.9 Å². The van der Waals surface area contributed by atoms with Gasteiger partial charge in [0.25, 0.3) is 0 Å². The minimum absolute atomic E-state index is 0. The van der Waals surface area contributed by atoms with Crippen LogP contribution in [0.4, 0.5) is 0 Å². The highest BCUT2D eigenvalue weighted by Gasteiger charge is 1.97. The second-order valence-corrected chi connectivity index (χ2v) is 3.39. The third-order valence-electron chi connectivity index (χ3n) is 2.29. The Hall–Kier alpha value is -1.93. The molecule has 0 radical (unpaired) electrons. The van der Waals surface area contributed by atoms with Gasteiger partial charge in [-0.3, -0.25) is 4.79 Å². The number of benzene rings is 1. The van der Waals surface area contributed by atoms with Crippen molar-refractivity contribution in [1.29, 1.82) is 0 Å². The molecular formula is C14H13ClNO+. The molecule has 0 saturated heterocycles. The van der Waals surface area contributed by atoms with Gasteiger partial charge >= 0.3 is 0 Å². The van der Waals surface area contributed by atoms with Crippen molar-refractivity contribution in [2.75, 3.05) is 0 Å². The van der Waals surface area contributed by atoms with Gasteiger partial charge in [0, 0.05) is 23.8 Å². The van der Waals surface area contributed by atoms with E-state index in [1.807, 2.05) is 71.7 Å². The lowest BCUT2D eigenvalue weighted by molar-refractivity contribution is -0.567. The van der Waals surface area contributed by atoms with Crippen molar-refractivity contribution >= 4 is 31.0 Å². The minimum Gasteiger partial charge on any atom is -0.298 e. The number of hydrogen-bond acceptors (Lipinski definition) is 1. The van der Waals surface area contributed by atoms with Crippen LogP contribution in [0, 0.1) is 0 Å². The fourth-order valence-electron chi connectivity index (χ4n) is 1.45. The highest BCUT2D eigenvalue weighted by molar-refractivity contribution is 5.85. The number of hydrogen-bond donors (Lipinski definition) is 0. The van der Waals surface area contributed by atoms with E-state index in [9.17, 15) is 4.79 Å². The monoisotopic (exact) mass is 246 g/mol. The first kappa shape index (κ1) is 13.1. The summed E-state index contributed by atoms with van der Waals surface area (Å²) in [5.74, 6) is 0. The molecule has 0 N–H and O–H groups in total. The highest BCUT2D eigenvalue weighted by atomic mass is 35.5. The van der Waals surface area contributed by atoms with Gasteiger partial charge in [-0.1, -0.05) is 30.3 Å². The Bertz CT molecular complexity index is 509. The summed E-state index contributed by atoms with van der Waals surface area (Å²) < 4.78 is 1.93. The first-order chi connectivity index (χ1) is 7.90. The predicted octanol–water partition coefficient (Wildman–Crippen LogP) is 2.84. The number of rotatable bonds is 3. The molecule has 1 aromatic carbocycles. The lowest BCUT2D eigenvalue weighted by atomic mass is 10.1. The molecular weight excluding hydrogens is 234 g/mol. The van der Waals surface area contributed by atoms with Gasteiger partial charge < -0.3 is 0 Å². The summed E-state index contributed by atoms with van der Waals surface area (Å²) in [7, 11) is 0. The molecule has 2 aromatic rings. The van der Waals surface area contributed by atoms with E-state index in [0.717, 1.165) is 11.8 Å². The second-order valence-electron chi connectivity index (χ2n) is 3.39. The van der Waals surface area contributed by atoms with Crippen LogP contribution in [0.25, 0.3) is 12.3 Å². The molecule has 17 heavy (non-hydrogen) atoms. The zero-order valence-electron chi connectivity index (χ0n) is 9.19. The molecule has 0 amide bonds. The summed E-state index contributed by atoms with van der Waals surface area (Å²) in [6.07, 6.45) is 8.60. The molecule has 1 aromatic heterocycles. The van der Waals surface area contributed by atoms with Gasteiger partial charge in [-0.05, 0) is 5.56 Å². The van der Waals surface area contributed by atoms with Gasteiger partial charge in [-0.25, -0.2) is 0 Å². The van der Waals surface area contributed by atoms with E-state index in [4.69, 9.17) is 0 Å². The topological polar surface area (TPSA) is 20.9 Å². The molecule has 0 fully saturated rings. The van der Waals surface area contributed by atoms with Crippen LogP contribution in [0.5, 0.6) is 0 Å². The zero-order chi connectivity index (χ0) is 11.2. The smallest absolute Gasteiger partial charge is 0.175 e. The Morgan fingerprint density at radius 2 is 1.53 bits per heavy atom. The van der Waals surface area contributed by atoms with Crippen LogP contribution in [-0.2, 0) is 0 Å². The van der Waals surface area contributed by atoms with Crippen molar-refractivity contribution < 1.29 is 9.36 Å². The number of halogens is 1. The maximum absolute atomic E-state index is 10.8. The molecule has 0 bridgehead atoms. The Balaban J connectivity index is 0.00000144. The van der Waals surface area contributed by atoms with Crippen molar-refractivity contribution in [1.82, 2.24) is 0 Å². The fourth-order valence-corrected chi connectivity index (χ4v) is 1.45. The van der Waals surface area contributed by atoms with Crippen LogP contribution >= 0.6 is 12.4 Å². The van der Waals surface area contributed by atoms with E-state index in [1.54, 1.807) is 0 Å². The highest BCUT2D eigenvalue weighted by Crippen LogP contribution is 2.07. The third kappa shape index (κ3) is 3.54. The molecule has 0 aliphatic heterocycles. The van der Waals surface area contributed by atoms with Crippen molar-refractivity contribution in [3.63, 3.8) is 0 Å². The molecule has 3 heteroatoms. The molecule has 0 aliphatic carbocycles. The molecule has 0 aliphatic rings. The predicted molar refractivity (Wildman–Crippen MR) is 70.9 cm³/mol. The molecule has 0 spiro atoms. The maximum atomic E-state index is 10.8. The largest absolute Gasteiger partial charge is 0.298 e. The molecule has 1 heterocycles. The van der Waals surface area contributed by atoms with Gasteiger partial charge in [-0.15, -0.1) is 12.4 Å². The van der Waals surface area contributed by atoms with Crippen LogP contribution in [0.2, 0.25) is 0 Å². The van der Waals surface area contributed by atoms with Crippen LogP contribution < -0.4 is 4.57 Å². The zero-order valence-corrected chi connectivity index (χ0v) is 10.0. The van der Waals surface area contributed by atoms with E-state index < -0.39 is 0 Å². The van der Waals surface area contributed by atoms with E-state index in [-0.39, 0.29) is 12.4 Å². The summed E-state index contributed by atoms with van der Waals surface area (Å²) in [6, 6.07) is 13.4.